The number of nitrogens with zero attached hydrogens (tertiary/aromatic N) is 4. The number of ketones is 1. The van der Waals surface area contributed by atoms with Crippen molar-refractivity contribution < 1.29 is 9.72 Å². The third-order valence-corrected chi connectivity index (χ3v) is 3.99. The molecule has 1 aromatic heterocycles. The molecule has 0 N–H and O–H groups in total. The van der Waals surface area contributed by atoms with Gasteiger partial charge in [0, 0.05) is 17.7 Å². The largest absolute Gasteiger partial charge is 0.287 e. The first-order valence-corrected chi connectivity index (χ1v) is 8.41. The maximum absolute atomic E-state index is 12.8. The number of unbranched alkanes of at least 4 members (excludes halogenated alkanes) is 1. The zero-order valence-electron chi connectivity index (χ0n) is 14.3. The Bertz CT molecular complexity index is 918. The lowest BCUT2D eigenvalue weighted by molar-refractivity contribution is -0.384. The molecular weight excluding hydrogens is 332 g/mol. The molecule has 0 fully saturated rings. The molecule has 2 aromatic carbocycles. The second-order valence-corrected chi connectivity index (χ2v) is 5.86. The van der Waals surface area contributed by atoms with Crippen LogP contribution in [0.2, 0.25) is 0 Å². The molecule has 0 saturated heterocycles. The van der Waals surface area contributed by atoms with Gasteiger partial charge in [-0.05, 0) is 25.0 Å². The summed E-state index contributed by atoms with van der Waals surface area (Å²) in [6.07, 6.45) is 2.52. The number of carbonyl (C=O) groups excluding carboxylic acids is 1. The van der Waals surface area contributed by atoms with Crippen molar-refractivity contribution in [1.29, 1.82) is 0 Å². The van der Waals surface area contributed by atoms with Gasteiger partial charge >= 0.3 is 0 Å². The molecule has 7 nitrogen and oxygen atoms in total. The molecule has 0 radical (unpaired) electrons. The second-order valence-electron chi connectivity index (χ2n) is 5.86. The van der Waals surface area contributed by atoms with E-state index < -0.39 is 4.92 Å². The zero-order valence-corrected chi connectivity index (χ0v) is 14.3. The number of hydrogen-bond donors (Lipinski definition) is 0. The molecular formula is C19H18N4O3. The van der Waals surface area contributed by atoms with Gasteiger partial charge in [-0.25, -0.2) is 0 Å². The van der Waals surface area contributed by atoms with Gasteiger partial charge in [-0.1, -0.05) is 43.7 Å². The van der Waals surface area contributed by atoms with Crippen molar-refractivity contribution in [3.05, 3.63) is 81.7 Å². The second kappa shape index (κ2) is 7.69. The monoisotopic (exact) mass is 350 g/mol. The summed E-state index contributed by atoms with van der Waals surface area (Å²) < 4.78 is 0. The zero-order chi connectivity index (χ0) is 18.5. The van der Waals surface area contributed by atoms with Gasteiger partial charge in [0.2, 0.25) is 5.78 Å². The van der Waals surface area contributed by atoms with Gasteiger partial charge in [-0.15, -0.1) is 5.10 Å². The average molecular weight is 350 g/mol. The highest BCUT2D eigenvalue weighted by molar-refractivity contribution is 6.08. The van der Waals surface area contributed by atoms with E-state index in [9.17, 15) is 14.9 Å². The molecule has 7 heteroatoms. The number of benzene rings is 2. The molecule has 0 aliphatic heterocycles. The van der Waals surface area contributed by atoms with E-state index in [1.807, 2.05) is 6.07 Å². The Morgan fingerprint density at radius 1 is 1.08 bits per heavy atom. The lowest BCUT2D eigenvalue weighted by Crippen LogP contribution is -2.06. The predicted molar refractivity (Wildman–Crippen MR) is 96.5 cm³/mol. The summed E-state index contributed by atoms with van der Waals surface area (Å²) in [6, 6.07) is 14.9. The van der Waals surface area contributed by atoms with Crippen LogP contribution < -0.4 is 0 Å². The molecule has 0 aliphatic carbocycles. The van der Waals surface area contributed by atoms with Crippen LogP contribution in [0, 0.1) is 10.1 Å². The fraction of sp³-hybridized carbons (Fsp3) is 0.211. The SMILES string of the molecule is CCCCc1nn(-c2ccc([N+](=O)[O-])cc2)nc1C(=O)c1ccccc1. The van der Waals surface area contributed by atoms with Gasteiger partial charge in [0.25, 0.3) is 5.69 Å². The summed E-state index contributed by atoms with van der Waals surface area (Å²) in [4.78, 5) is 24.5. The van der Waals surface area contributed by atoms with Crippen molar-refractivity contribution in [3.8, 4) is 5.69 Å². The molecule has 3 rings (SSSR count). The van der Waals surface area contributed by atoms with E-state index in [2.05, 4.69) is 17.1 Å². The van der Waals surface area contributed by atoms with Crippen LogP contribution in [0.4, 0.5) is 5.69 Å². The third-order valence-electron chi connectivity index (χ3n) is 3.99. The molecule has 132 valence electrons. The third kappa shape index (κ3) is 3.66. The number of aromatic nitrogens is 3. The van der Waals surface area contributed by atoms with Gasteiger partial charge in [0.15, 0.2) is 5.69 Å². The minimum Gasteiger partial charge on any atom is -0.287 e. The fourth-order valence-corrected chi connectivity index (χ4v) is 2.57. The van der Waals surface area contributed by atoms with Gasteiger partial charge in [-0.3, -0.25) is 14.9 Å². The number of rotatable bonds is 7. The number of carbonyl (C=O) groups is 1. The van der Waals surface area contributed by atoms with Gasteiger partial charge in [0.05, 0.1) is 16.3 Å². The lowest BCUT2D eigenvalue weighted by Gasteiger charge is -1.99. The van der Waals surface area contributed by atoms with Gasteiger partial charge in [0.1, 0.15) is 0 Å². The maximum atomic E-state index is 12.8. The molecule has 0 aliphatic rings. The molecule has 0 bridgehead atoms. The lowest BCUT2D eigenvalue weighted by atomic mass is 10.0. The van der Waals surface area contributed by atoms with E-state index in [1.54, 1.807) is 36.4 Å². The Balaban J connectivity index is 1.98. The summed E-state index contributed by atoms with van der Waals surface area (Å²) in [6.45, 7) is 2.07. The van der Waals surface area contributed by atoms with Crippen molar-refractivity contribution in [2.75, 3.05) is 0 Å². The Hall–Kier alpha value is -3.35. The molecule has 0 unspecified atom stereocenters. The van der Waals surface area contributed by atoms with Crippen LogP contribution >= 0.6 is 0 Å². The average Bonchev–Trinajstić information content (AvgIpc) is 3.10. The van der Waals surface area contributed by atoms with Crippen molar-refractivity contribution >= 4 is 11.5 Å². The van der Waals surface area contributed by atoms with Crippen LogP contribution in [-0.4, -0.2) is 25.7 Å². The topological polar surface area (TPSA) is 90.9 Å². The number of hydrogen-bond acceptors (Lipinski definition) is 5. The highest BCUT2D eigenvalue weighted by Gasteiger charge is 2.20. The Morgan fingerprint density at radius 3 is 2.38 bits per heavy atom. The van der Waals surface area contributed by atoms with Gasteiger partial charge in [-0.2, -0.15) is 9.90 Å². The van der Waals surface area contributed by atoms with E-state index in [-0.39, 0.29) is 11.5 Å². The smallest absolute Gasteiger partial charge is 0.269 e. The van der Waals surface area contributed by atoms with Crippen molar-refractivity contribution in [2.24, 2.45) is 0 Å². The molecule has 0 saturated carbocycles. The van der Waals surface area contributed by atoms with Crippen molar-refractivity contribution in [2.45, 2.75) is 26.2 Å². The molecule has 0 amide bonds. The summed E-state index contributed by atoms with van der Waals surface area (Å²) >= 11 is 0. The number of nitro groups is 1. The Labute approximate surface area is 150 Å². The molecule has 26 heavy (non-hydrogen) atoms. The molecule has 0 atom stereocenters. The molecule has 0 spiro atoms. The number of non-ortho nitro benzene ring substituents is 1. The molecule has 1 heterocycles. The van der Waals surface area contributed by atoms with Crippen LogP contribution in [-0.2, 0) is 6.42 Å². The van der Waals surface area contributed by atoms with Crippen LogP contribution in [0.3, 0.4) is 0 Å². The highest BCUT2D eigenvalue weighted by atomic mass is 16.6. The number of aryl methyl sites for hydroxylation is 1. The van der Waals surface area contributed by atoms with Gasteiger partial charge < -0.3 is 0 Å². The highest BCUT2D eigenvalue weighted by Crippen LogP contribution is 2.18. The molecule has 3 aromatic rings. The van der Waals surface area contributed by atoms with Crippen LogP contribution in [0.1, 0.15) is 41.5 Å². The van der Waals surface area contributed by atoms with Crippen LogP contribution in [0.5, 0.6) is 0 Å². The minimum absolute atomic E-state index is 0.00676. The Morgan fingerprint density at radius 2 is 1.77 bits per heavy atom. The van der Waals surface area contributed by atoms with E-state index in [0.717, 1.165) is 12.8 Å². The van der Waals surface area contributed by atoms with E-state index in [1.165, 1.54) is 16.9 Å². The fourth-order valence-electron chi connectivity index (χ4n) is 2.57. The Kier molecular flexibility index (Phi) is 5.17. The first-order valence-electron chi connectivity index (χ1n) is 8.41. The quantitative estimate of drug-likeness (QED) is 0.368. The normalized spacial score (nSPS) is 10.7. The van der Waals surface area contributed by atoms with Crippen molar-refractivity contribution in [1.82, 2.24) is 15.0 Å². The van der Waals surface area contributed by atoms with E-state index in [0.29, 0.717) is 29.1 Å². The van der Waals surface area contributed by atoms with Crippen LogP contribution in [0.15, 0.2) is 54.6 Å². The van der Waals surface area contributed by atoms with E-state index in [4.69, 9.17) is 0 Å². The summed E-state index contributed by atoms with van der Waals surface area (Å²) in [5.74, 6) is -0.176. The summed E-state index contributed by atoms with van der Waals surface area (Å²) in [5, 5.41) is 19.6. The minimum atomic E-state index is -0.461. The first-order chi connectivity index (χ1) is 12.6. The first kappa shape index (κ1) is 17.5. The summed E-state index contributed by atoms with van der Waals surface area (Å²) in [7, 11) is 0. The van der Waals surface area contributed by atoms with Crippen LogP contribution in [0.25, 0.3) is 5.69 Å². The maximum Gasteiger partial charge on any atom is 0.269 e. The summed E-state index contributed by atoms with van der Waals surface area (Å²) in [5.41, 5.74) is 2.08. The number of nitro benzene ring substituents is 1. The predicted octanol–water partition coefficient (Wildman–Crippen LogP) is 3.75. The standard InChI is InChI=1S/C19H18N4O3/c1-2-3-9-17-18(19(24)14-7-5-4-6-8-14)21-22(20-17)15-10-12-16(13-11-15)23(25)26/h4-8,10-13H,2-3,9H2,1H3. The van der Waals surface area contributed by atoms with E-state index >= 15 is 0 Å². The van der Waals surface area contributed by atoms with Crippen molar-refractivity contribution in [3.63, 3.8) is 0 Å².